The molecule has 0 spiro atoms. The lowest BCUT2D eigenvalue weighted by atomic mass is 9.91. The minimum Gasteiger partial charge on any atom is -0.508 e. The highest BCUT2D eigenvalue weighted by molar-refractivity contribution is 6.10. The molecule has 1 unspecified atom stereocenters. The second kappa shape index (κ2) is 11.4. The fourth-order valence-corrected chi connectivity index (χ4v) is 4.11. The van der Waals surface area contributed by atoms with Gasteiger partial charge in [0.2, 0.25) is 5.91 Å². The van der Waals surface area contributed by atoms with Crippen molar-refractivity contribution in [1.82, 2.24) is 10.7 Å². The summed E-state index contributed by atoms with van der Waals surface area (Å²) in [6.07, 6.45) is -0.258. The number of benzene rings is 3. The number of phenols is 1. The van der Waals surface area contributed by atoms with Crippen molar-refractivity contribution in [3.63, 3.8) is 0 Å². The second-order valence-electron chi connectivity index (χ2n) is 8.93. The van der Waals surface area contributed by atoms with Crippen LogP contribution >= 0.6 is 0 Å². The lowest BCUT2D eigenvalue weighted by Crippen LogP contribution is -2.42. The van der Waals surface area contributed by atoms with Gasteiger partial charge in [-0.25, -0.2) is 10.2 Å². The maximum Gasteiger partial charge on any atom is 0.408 e. The third-order valence-electron chi connectivity index (χ3n) is 6.07. The fourth-order valence-electron chi connectivity index (χ4n) is 4.11. The zero-order chi connectivity index (χ0) is 26.4. The number of rotatable bonds is 8. The first-order valence-electron chi connectivity index (χ1n) is 11.9. The second-order valence-corrected chi connectivity index (χ2v) is 8.93. The molecule has 0 bridgehead atoms. The molecule has 1 aliphatic rings. The van der Waals surface area contributed by atoms with E-state index in [0.717, 1.165) is 11.1 Å². The van der Waals surface area contributed by atoms with Crippen molar-refractivity contribution in [3.05, 3.63) is 95.1 Å². The number of aromatic hydroxyl groups is 1. The largest absolute Gasteiger partial charge is 0.508 e. The number of nitrogens with two attached hydrogens (primary N) is 1. The number of alkyl carbamates (subject to hydrolysis) is 1. The highest BCUT2D eigenvalue weighted by Crippen LogP contribution is 2.24. The third kappa shape index (κ3) is 6.52. The molecule has 190 valence electrons. The van der Waals surface area contributed by atoms with Crippen LogP contribution in [0.1, 0.15) is 40.4 Å². The Morgan fingerprint density at radius 1 is 1.11 bits per heavy atom. The number of hydrogen-bond acceptors (Lipinski definition) is 7. The maximum atomic E-state index is 13.5. The van der Waals surface area contributed by atoms with Crippen LogP contribution in [-0.2, 0) is 22.6 Å². The summed E-state index contributed by atoms with van der Waals surface area (Å²) >= 11 is 0. The van der Waals surface area contributed by atoms with E-state index in [0.29, 0.717) is 28.9 Å². The molecule has 5 N–H and O–H groups in total. The maximum absolute atomic E-state index is 13.5. The van der Waals surface area contributed by atoms with E-state index in [1.165, 1.54) is 12.1 Å². The average molecular weight is 501 g/mol. The molecule has 3 aromatic rings. The van der Waals surface area contributed by atoms with Gasteiger partial charge in [-0.3, -0.25) is 9.59 Å². The number of nitrogens with zero attached hydrogens (tertiary/aromatic N) is 1. The van der Waals surface area contributed by atoms with Crippen LogP contribution in [0.3, 0.4) is 0 Å². The Kier molecular flexibility index (Phi) is 7.83. The highest BCUT2D eigenvalue weighted by atomic mass is 16.5. The van der Waals surface area contributed by atoms with Crippen LogP contribution in [0, 0.1) is 5.92 Å². The van der Waals surface area contributed by atoms with Crippen LogP contribution in [-0.4, -0.2) is 34.6 Å². The molecule has 2 atom stereocenters. The summed E-state index contributed by atoms with van der Waals surface area (Å²) in [6, 6.07) is 19.5. The number of carbonyl (C=O) groups is 3. The van der Waals surface area contributed by atoms with E-state index >= 15 is 0 Å². The molecule has 0 aliphatic carbocycles. The average Bonchev–Trinajstić information content (AvgIpc) is 2.89. The van der Waals surface area contributed by atoms with Gasteiger partial charge in [0.05, 0.1) is 11.8 Å². The van der Waals surface area contributed by atoms with Gasteiger partial charge in [0.15, 0.2) is 5.78 Å². The topological polar surface area (TPSA) is 143 Å². The number of ether oxygens (including phenoxy) is 1. The first kappa shape index (κ1) is 25.4. The molecular formula is C28H28N4O5. The summed E-state index contributed by atoms with van der Waals surface area (Å²) in [5.74, 6) is -0.541. The van der Waals surface area contributed by atoms with Crippen molar-refractivity contribution < 1.29 is 24.2 Å². The summed E-state index contributed by atoms with van der Waals surface area (Å²) < 4.78 is 5.33. The molecule has 3 aromatic carbocycles. The predicted octanol–water partition coefficient (Wildman–Crippen LogP) is 3.55. The zero-order valence-corrected chi connectivity index (χ0v) is 20.3. The Labute approximate surface area is 214 Å². The summed E-state index contributed by atoms with van der Waals surface area (Å²) in [7, 11) is 0. The molecule has 4 rings (SSSR count). The van der Waals surface area contributed by atoms with Gasteiger partial charge in [-0.2, -0.15) is 5.10 Å². The first-order chi connectivity index (χ1) is 17.8. The van der Waals surface area contributed by atoms with Gasteiger partial charge < -0.3 is 20.9 Å². The van der Waals surface area contributed by atoms with Crippen LogP contribution in [0.5, 0.6) is 5.75 Å². The molecule has 37 heavy (non-hydrogen) atoms. The normalized spacial score (nSPS) is 15.8. The smallest absolute Gasteiger partial charge is 0.408 e. The van der Waals surface area contributed by atoms with Crippen molar-refractivity contribution in [2.24, 2.45) is 11.0 Å². The lowest BCUT2D eigenvalue weighted by Gasteiger charge is -2.21. The summed E-state index contributed by atoms with van der Waals surface area (Å²) in [5, 5.41) is 16.4. The zero-order valence-electron chi connectivity index (χ0n) is 20.3. The van der Waals surface area contributed by atoms with Gasteiger partial charge in [0.1, 0.15) is 12.4 Å². The lowest BCUT2D eigenvalue weighted by molar-refractivity contribution is -0.121. The van der Waals surface area contributed by atoms with Gasteiger partial charge in [-0.15, -0.1) is 0 Å². The molecule has 9 nitrogen and oxygen atoms in total. The van der Waals surface area contributed by atoms with Crippen molar-refractivity contribution in [1.29, 1.82) is 0 Å². The Morgan fingerprint density at radius 3 is 2.51 bits per heavy atom. The standard InChI is InChI=1S/C28H28N4O5/c1-17-13-25(34)31-32-26(17)22-12-9-20(15-23(22)29)27(35)24(14-18-7-10-21(33)11-8-18)30-28(36)37-16-19-5-3-2-4-6-19/h2-12,15,17,24,33H,13-14,16,29H2,1H3,(H,30,36)(H,31,34)/t17?,24-/m0/s1. The van der Waals surface area contributed by atoms with Crippen molar-refractivity contribution >= 4 is 29.2 Å². The SMILES string of the molecule is CC1CC(=O)NN=C1c1ccc(C(=O)[C@H](Cc2ccc(O)cc2)NC(=O)OCc2ccccc2)cc1N. The number of ketones is 1. The van der Waals surface area contributed by atoms with Crippen LogP contribution < -0.4 is 16.5 Å². The van der Waals surface area contributed by atoms with Gasteiger partial charge in [-0.05, 0) is 29.3 Å². The van der Waals surface area contributed by atoms with Gasteiger partial charge in [0.25, 0.3) is 0 Å². The number of amides is 2. The number of hydrazone groups is 1. The molecule has 1 aliphatic heterocycles. The van der Waals surface area contributed by atoms with E-state index in [1.54, 1.807) is 30.3 Å². The highest BCUT2D eigenvalue weighted by Gasteiger charge is 2.26. The molecule has 0 saturated heterocycles. The van der Waals surface area contributed by atoms with Crippen LogP contribution in [0.4, 0.5) is 10.5 Å². The Morgan fingerprint density at radius 2 is 1.84 bits per heavy atom. The fraction of sp³-hybridized carbons (Fsp3) is 0.214. The quantitative estimate of drug-likeness (QED) is 0.275. The number of phenolic OH excluding ortho intramolecular Hbond substituents is 1. The van der Waals surface area contributed by atoms with Crippen molar-refractivity contribution in [2.45, 2.75) is 32.4 Å². The molecule has 9 heteroatoms. The first-order valence-corrected chi connectivity index (χ1v) is 11.9. The Bertz CT molecular complexity index is 1320. The van der Waals surface area contributed by atoms with E-state index in [9.17, 15) is 19.5 Å². The van der Waals surface area contributed by atoms with Crippen LogP contribution in [0.2, 0.25) is 0 Å². The monoisotopic (exact) mass is 500 g/mol. The van der Waals surface area contributed by atoms with Crippen molar-refractivity contribution in [2.75, 3.05) is 5.73 Å². The molecule has 0 fully saturated rings. The molecular weight excluding hydrogens is 472 g/mol. The number of hydrogen-bond donors (Lipinski definition) is 4. The minimum atomic E-state index is -0.941. The number of nitrogen functional groups attached to an aromatic ring is 1. The Balaban J connectivity index is 1.53. The van der Waals surface area contributed by atoms with Gasteiger partial charge in [-0.1, -0.05) is 61.5 Å². The van der Waals surface area contributed by atoms with E-state index in [2.05, 4.69) is 15.8 Å². The van der Waals surface area contributed by atoms with E-state index in [4.69, 9.17) is 10.5 Å². The third-order valence-corrected chi connectivity index (χ3v) is 6.07. The van der Waals surface area contributed by atoms with E-state index in [-0.39, 0.29) is 36.4 Å². The molecule has 2 amide bonds. The summed E-state index contributed by atoms with van der Waals surface area (Å²) in [4.78, 5) is 37.7. The minimum absolute atomic E-state index is 0.0608. The van der Waals surface area contributed by atoms with Gasteiger partial charge >= 0.3 is 6.09 Å². The van der Waals surface area contributed by atoms with Crippen LogP contribution in [0.15, 0.2) is 77.9 Å². The summed E-state index contributed by atoms with van der Waals surface area (Å²) in [6.45, 7) is 1.94. The van der Waals surface area contributed by atoms with Crippen LogP contribution in [0.25, 0.3) is 0 Å². The van der Waals surface area contributed by atoms with Crippen molar-refractivity contribution in [3.8, 4) is 5.75 Å². The number of anilines is 1. The number of nitrogens with one attached hydrogen (secondary N) is 2. The van der Waals surface area contributed by atoms with Gasteiger partial charge in [0, 0.05) is 35.6 Å². The predicted molar refractivity (Wildman–Crippen MR) is 139 cm³/mol. The Hall–Kier alpha value is -4.66. The summed E-state index contributed by atoms with van der Waals surface area (Å²) in [5.41, 5.74) is 12.2. The molecule has 0 saturated carbocycles. The van der Waals surface area contributed by atoms with E-state index in [1.807, 2.05) is 37.3 Å². The molecule has 0 aromatic heterocycles. The molecule has 0 radical (unpaired) electrons. The molecule has 1 heterocycles. The van der Waals surface area contributed by atoms with E-state index < -0.39 is 12.1 Å². The number of carbonyl (C=O) groups excluding carboxylic acids is 3. The number of Topliss-reactive ketones (excluding diaryl/α,β-unsaturated/α-hetero) is 1.